The number of aryl methyl sites for hydroxylation is 1. The van der Waals surface area contributed by atoms with Gasteiger partial charge in [0.15, 0.2) is 5.16 Å². The van der Waals surface area contributed by atoms with Crippen molar-refractivity contribution in [2.24, 2.45) is 0 Å². The van der Waals surface area contributed by atoms with Crippen LogP contribution in [0, 0.1) is 6.92 Å². The first-order valence-corrected chi connectivity index (χ1v) is 11.4. The monoisotopic (exact) mass is 444 g/mol. The largest absolute Gasteiger partial charge is 0.468 e. The van der Waals surface area contributed by atoms with Gasteiger partial charge in [0, 0.05) is 11.3 Å². The lowest BCUT2D eigenvalue weighted by molar-refractivity contribution is -0.139. The second-order valence-corrected chi connectivity index (χ2v) is 10.4. The number of carbonyl (C=O) groups excluding carboxylic acids is 1. The number of esters is 1. The van der Waals surface area contributed by atoms with Crippen molar-refractivity contribution in [1.82, 2.24) is 9.55 Å². The van der Waals surface area contributed by atoms with Crippen LogP contribution in [0.15, 0.2) is 34.2 Å². The molecule has 0 fully saturated rings. The molecule has 0 bridgehead atoms. The van der Waals surface area contributed by atoms with Gasteiger partial charge in [-0.05, 0) is 44.9 Å². The van der Waals surface area contributed by atoms with Crippen LogP contribution >= 0.6 is 23.1 Å². The molecular formula is C22H24N2O4S2. The van der Waals surface area contributed by atoms with Crippen molar-refractivity contribution in [1.29, 1.82) is 0 Å². The fourth-order valence-corrected chi connectivity index (χ4v) is 5.74. The fraction of sp³-hybridized carbons (Fsp3) is 0.409. The molecule has 3 heterocycles. The highest BCUT2D eigenvalue weighted by Gasteiger charge is 2.32. The van der Waals surface area contributed by atoms with E-state index in [0.717, 1.165) is 21.7 Å². The zero-order chi connectivity index (χ0) is 21.6. The van der Waals surface area contributed by atoms with Gasteiger partial charge in [-0.2, -0.15) is 0 Å². The molecule has 0 N–H and O–H groups in total. The maximum absolute atomic E-state index is 13.8. The van der Waals surface area contributed by atoms with E-state index in [2.05, 4.69) is 0 Å². The smallest absolute Gasteiger partial charge is 0.318 e. The summed E-state index contributed by atoms with van der Waals surface area (Å²) in [6.07, 6.45) is 0.665. The SMILES string of the molecule is COC(=O)[C@@H](C)Sc1nc2sc3c(c2c(=O)n1-c1ccccc1C)CC(C)(C)OC3. The standard InChI is InChI=1S/C22H24N2O4S2/c1-12-8-6-7-9-15(12)24-19(25)17-14-10-22(3,4)28-11-16(14)30-18(17)23-21(24)29-13(2)20(26)27-5/h6-9,13H,10-11H2,1-5H3/t13-/m1/s1. The number of thiophene rings is 1. The number of rotatable bonds is 4. The molecule has 0 saturated carbocycles. The predicted molar refractivity (Wildman–Crippen MR) is 120 cm³/mol. The Labute approximate surface area is 183 Å². The lowest BCUT2D eigenvalue weighted by Gasteiger charge is -2.30. The van der Waals surface area contributed by atoms with Crippen LogP contribution in [-0.4, -0.2) is 33.5 Å². The minimum Gasteiger partial charge on any atom is -0.468 e. The molecule has 8 heteroatoms. The summed E-state index contributed by atoms with van der Waals surface area (Å²) >= 11 is 2.73. The van der Waals surface area contributed by atoms with Gasteiger partial charge >= 0.3 is 5.97 Å². The summed E-state index contributed by atoms with van der Waals surface area (Å²) in [5.41, 5.74) is 2.32. The van der Waals surface area contributed by atoms with Crippen molar-refractivity contribution in [2.75, 3.05) is 7.11 Å². The van der Waals surface area contributed by atoms with Crippen molar-refractivity contribution >= 4 is 39.3 Å². The molecule has 0 unspecified atom stereocenters. The number of nitrogens with zero attached hydrogens (tertiary/aromatic N) is 2. The Bertz CT molecular complexity index is 1200. The summed E-state index contributed by atoms with van der Waals surface area (Å²) in [6.45, 7) is 8.27. The topological polar surface area (TPSA) is 70.4 Å². The van der Waals surface area contributed by atoms with Crippen LogP contribution in [0.2, 0.25) is 0 Å². The van der Waals surface area contributed by atoms with E-state index in [1.54, 1.807) is 11.5 Å². The van der Waals surface area contributed by atoms with E-state index in [4.69, 9.17) is 14.5 Å². The van der Waals surface area contributed by atoms with Gasteiger partial charge in [0.2, 0.25) is 0 Å². The fourth-order valence-electron chi connectivity index (χ4n) is 3.65. The first kappa shape index (κ1) is 21.1. The molecule has 4 rings (SSSR count). The summed E-state index contributed by atoms with van der Waals surface area (Å²) in [6, 6.07) is 7.70. The van der Waals surface area contributed by atoms with Crippen LogP contribution in [-0.2, 0) is 27.3 Å². The van der Waals surface area contributed by atoms with E-state index in [0.29, 0.717) is 28.4 Å². The molecule has 6 nitrogen and oxygen atoms in total. The molecule has 0 amide bonds. The summed E-state index contributed by atoms with van der Waals surface area (Å²) in [5, 5.41) is 0.648. The summed E-state index contributed by atoms with van der Waals surface area (Å²) < 4.78 is 12.5. The van der Waals surface area contributed by atoms with Crippen LogP contribution in [0.5, 0.6) is 0 Å². The van der Waals surface area contributed by atoms with Crippen LogP contribution in [0.3, 0.4) is 0 Å². The van der Waals surface area contributed by atoms with Crippen molar-refractivity contribution in [3.05, 3.63) is 50.6 Å². The average molecular weight is 445 g/mol. The van der Waals surface area contributed by atoms with Gasteiger partial charge in [-0.15, -0.1) is 11.3 Å². The van der Waals surface area contributed by atoms with E-state index in [-0.39, 0.29) is 17.1 Å². The highest BCUT2D eigenvalue weighted by molar-refractivity contribution is 8.00. The normalized spacial score (nSPS) is 16.3. The number of hydrogen-bond donors (Lipinski definition) is 0. The first-order valence-electron chi connectivity index (χ1n) is 9.73. The summed E-state index contributed by atoms with van der Waals surface area (Å²) in [7, 11) is 1.36. The van der Waals surface area contributed by atoms with E-state index in [1.807, 2.05) is 45.0 Å². The molecule has 1 atom stereocenters. The molecular weight excluding hydrogens is 420 g/mol. The maximum Gasteiger partial charge on any atom is 0.318 e. The molecule has 0 spiro atoms. The zero-order valence-corrected chi connectivity index (χ0v) is 19.3. The maximum atomic E-state index is 13.8. The number of para-hydroxylation sites is 1. The Morgan fingerprint density at radius 3 is 2.80 bits per heavy atom. The number of methoxy groups -OCH3 is 1. The van der Waals surface area contributed by atoms with E-state index in [1.165, 1.54) is 30.2 Å². The molecule has 1 aromatic carbocycles. The van der Waals surface area contributed by atoms with Gasteiger partial charge in [-0.3, -0.25) is 14.2 Å². The first-order chi connectivity index (χ1) is 14.2. The molecule has 0 radical (unpaired) electrons. The number of hydrogen-bond acceptors (Lipinski definition) is 7. The quantitative estimate of drug-likeness (QED) is 0.340. The lowest BCUT2D eigenvalue weighted by Crippen LogP contribution is -2.32. The second kappa shape index (κ2) is 7.83. The number of ether oxygens (including phenoxy) is 2. The molecule has 0 aliphatic carbocycles. The Balaban J connectivity index is 1.99. The molecule has 3 aromatic rings. The van der Waals surface area contributed by atoms with Crippen molar-refractivity contribution in [3.63, 3.8) is 0 Å². The molecule has 1 aliphatic heterocycles. The van der Waals surface area contributed by atoms with E-state index in [9.17, 15) is 9.59 Å². The van der Waals surface area contributed by atoms with Gasteiger partial charge in [-0.1, -0.05) is 30.0 Å². The Morgan fingerprint density at radius 1 is 1.37 bits per heavy atom. The van der Waals surface area contributed by atoms with Gasteiger partial charge in [0.25, 0.3) is 5.56 Å². The van der Waals surface area contributed by atoms with Crippen LogP contribution < -0.4 is 5.56 Å². The molecule has 2 aromatic heterocycles. The minimum absolute atomic E-state index is 0.107. The second-order valence-electron chi connectivity index (χ2n) is 8.01. The highest BCUT2D eigenvalue weighted by Crippen LogP contribution is 2.38. The van der Waals surface area contributed by atoms with Crippen molar-refractivity contribution in [3.8, 4) is 5.69 Å². The highest BCUT2D eigenvalue weighted by atomic mass is 32.2. The zero-order valence-electron chi connectivity index (χ0n) is 17.6. The summed E-state index contributed by atoms with van der Waals surface area (Å²) in [4.78, 5) is 32.4. The van der Waals surface area contributed by atoms with Gasteiger partial charge in [0.05, 0.1) is 30.4 Å². The van der Waals surface area contributed by atoms with E-state index >= 15 is 0 Å². The predicted octanol–water partition coefficient (Wildman–Crippen LogP) is 4.26. The number of carbonyl (C=O) groups is 1. The third kappa shape index (κ3) is 3.68. The van der Waals surface area contributed by atoms with Crippen LogP contribution in [0.4, 0.5) is 0 Å². The van der Waals surface area contributed by atoms with Crippen molar-refractivity contribution in [2.45, 2.75) is 56.7 Å². The van der Waals surface area contributed by atoms with Gasteiger partial charge in [-0.25, -0.2) is 4.98 Å². The van der Waals surface area contributed by atoms with Gasteiger partial charge in [0.1, 0.15) is 10.1 Å². The lowest BCUT2D eigenvalue weighted by atomic mass is 9.94. The summed E-state index contributed by atoms with van der Waals surface area (Å²) in [5.74, 6) is -0.355. The van der Waals surface area contributed by atoms with Crippen LogP contribution in [0.25, 0.3) is 15.9 Å². The van der Waals surface area contributed by atoms with Gasteiger partial charge < -0.3 is 9.47 Å². The number of thioether (sulfide) groups is 1. The van der Waals surface area contributed by atoms with E-state index < -0.39 is 5.25 Å². The molecule has 30 heavy (non-hydrogen) atoms. The molecule has 1 aliphatic rings. The Morgan fingerprint density at radius 2 is 2.10 bits per heavy atom. The Hall–Kier alpha value is -2.16. The Kier molecular flexibility index (Phi) is 5.50. The number of benzene rings is 1. The number of aromatic nitrogens is 2. The number of fused-ring (bicyclic) bond motifs is 3. The molecule has 158 valence electrons. The third-order valence-electron chi connectivity index (χ3n) is 5.25. The van der Waals surface area contributed by atoms with Crippen molar-refractivity contribution < 1.29 is 14.3 Å². The third-order valence-corrected chi connectivity index (χ3v) is 7.38. The minimum atomic E-state index is -0.494. The van der Waals surface area contributed by atoms with Crippen LogP contribution in [0.1, 0.15) is 36.8 Å². The average Bonchev–Trinajstić information content (AvgIpc) is 3.05. The molecule has 0 saturated heterocycles.